The van der Waals surface area contributed by atoms with Gasteiger partial charge < -0.3 is 4.74 Å². The lowest BCUT2D eigenvalue weighted by molar-refractivity contribution is 0.0521. The zero-order valence-corrected chi connectivity index (χ0v) is 14.8. The molecule has 0 aliphatic heterocycles. The Bertz CT molecular complexity index is 950. The van der Waals surface area contributed by atoms with E-state index < -0.39 is 5.97 Å². The second kappa shape index (κ2) is 7.30. The summed E-state index contributed by atoms with van der Waals surface area (Å²) in [5, 5.41) is 7.45. The molecule has 134 valence electrons. The van der Waals surface area contributed by atoms with Crippen molar-refractivity contribution < 1.29 is 14.3 Å². The van der Waals surface area contributed by atoms with Crippen LogP contribution in [0.3, 0.4) is 0 Å². The van der Waals surface area contributed by atoms with Crippen molar-refractivity contribution in [2.75, 3.05) is 11.9 Å². The van der Waals surface area contributed by atoms with E-state index in [4.69, 9.17) is 4.74 Å². The molecule has 3 aromatic rings. The van der Waals surface area contributed by atoms with Gasteiger partial charge in [0.2, 0.25) is 5.95 Å². The van der Waals surface area contributed by atoms with E-state index in [0.29, 0.717) is 16.6 Å². The van der Waals surface area contributed by atoms with Crippen LogP contribution in [0.15, 0.2) is 36.5 Å². The van der Waals surface area contributed by atoms with Gasteiger partial charge >= 0.3 is 5.97 Å². The van der Waals surface area contributed by atoms with Gasteiger partial charge in [-0.05, 0) is 32.9 Å². The van der Waals surface area contributed by atoms with Gasteiger partial charge in [0.25, 0.3) is 5.91 Å². The molecule has 0 bridgehead atoms. The molecule has 0 fully saturated rings. The van der Waals surface area contributed by atoms with Gasteiger partial charge in [0.05, 0.1) is 12.0 Å². The summed E-state index contributed by atoms with van der Waals surface area (Å²) in [6, 6.07) is 8.76. The van der Waals surface area contributed by atoms with Gasteiger partial charge in [-0.3, -0.25) is 14.8 Å². The fourth-order valence-corrected chi connectivity index (χ4v) is 2.36. The lowest BCUT2D eigenvalue weighted by Crippen LogP contribution is -2.16. The highest BCUT2D eigenvalue weighted by molar-refractivity contribution is 6.05. The largest absolute Gasteiger partial charge is 0.461 e. The van der Waals surface area contributed by atoms with Crippen LogP contribution in [-0.4, -0.2) is 38.2 Å². The topological polar surface area (TPSA) is 99.0 Å². The van der Waals surface area contributed by atoms with Crippen LogP contribution < -0.4 is 5.32 Å². The van der Waals surface area contributed by atoms with Crippen molar-refractivity contribution in [2.45, 2.75) is 26.8 Å². The van der Waals surface area contributed by atoms with E-state index >= 15 is 0 Å². The lowest BCUT2D eigenvalue weighted by Gasteiger charge is -2.06. The monoisotopic (exact) mass is 353 g/mol. The van der Waals surface area contributed by atoms with Crippen LogP contribution in [0.2, 0.25) is 0 Å². The highest BCUT2D eigenvalue weighted by Gasteiger charge is 2.20. The molecule has 1 amide bonds. The van der Waals surface area contributed by atoms with E-state index in [1.54, 1.807) is 42.1 Å². The molecule has 1 N–H and O–H groups in total. The molecule has 0 atom stereocenters. The van der Waals surface area contributed by atoms with Gasteiger partial charge in [-0.2, -0.15) is 10.1 Å². The van der Waals surface area contributed by atoms with E-state index in [9.17, 15) is 9.59 Å². The number of aromatic nitrogens is 4. The number of nitrogens with zero attached hydrogens (tertiary/aromatic N) is 4. The second-order valence-corrected chi connectivity index (χ2v) is 5.88. The van der Waals surface area contributed by atoms with Crippen molar-refractivity contribution in [2.24, 2.45) is 0 Å². The molecule has 0 saturated carbocycles. The van der Waals surface area contributed by atoms with Crippen molar-refractivity contribution in [3.05, 3.63) is 47.8 Å². The number of esters is 1. The molecular formula is C18H19N5O3. The fourth-order valence-electron chi connectivity index (χ4n) is 2.36. The molecule has 26 heavy (non-hydrogen) atoms. The van der Waals surface area contributed by atoms with Crippen molar-refractivity contribution in [1.29, 1.82) is 0 Å². The Morgan fingerprint density at radius 1 is 1.19 bits per heavy atom. The first-order valence-electron chi connectivity index (χ1n) is 8.30. The number of anilines is 1. The van der Waals surface area contributed by atoms with Crippen LogP contribution in [0.4, 0.5) is 5.95 Å². The first-order valence-corrected chi connectivity index (χ1v) is 8.30. The van der Waals surface area contributed by atoms with Crippen LogP contribution in [0, 0.1) is 0 Å². The second-order valence-electron chi connectivity index (χ2n) is 5.88. The summed E-state index contributed by atoms with van der Waals surface area (Å²) in [5.74, 6) is -0.954. The summed E-state index contributed by atoms with van der Waals surface area (Å²) in [5.41, 5.74) is 0.855. The molecule has 1 aromatic carbocycles. The molecule has 2 aromatic heterocycles. The summed E-state index contributed by atoms with van der Waals surface area (Å²) >= 11 is 0. The quantitative estimate of drug-likeness (QED) is 0.708. The van der Waals surface area contributed by atoms with Crippen LogP contribution in [0.1, 0.15) is 47.7 Å². The van der Waals surface area contributed by atoms with Crippen molar-refractivity contribution in [3.63, 3.8) is 0 Å². The molecule has 0 aliphatic carbocycles. The van der Waals surface area contributed by atoms with Crippen LogP contribution in [0.5, 0.6) is 0 Å². The highest BCUT2D eigenvalue weighted by Crippen LogP contribution is 2.20. The van der Waals surface area contributed by atoms with Crippen LogP contribution in [-0.2, 0) is 4.74 Å². The highest BCUT2D eigenvalue weighted by atomic mass is 16.5. The van der Waals surface area contributed by atoms with Crippen LogP contribution >= 0.6 is 0 Å². The Labute approximate surface area is 150 Å². The third-order valence-corrected chi connectivity index (χ3v) is 3.66. The molecule has 0 unspecified atom stereocenters. The summed E-state index contributed by atoms with van der Waals surface area (Å²) in [7, 11) is 0. The summed E-state index contributed by atoms with van der Waals surface area (Å²) in [4.78, 5) is 33.1. The number of carbonyl (C=O) groups excluding carboxylic acids is 2. The van der Waals surface area contributed by atoms with Crippen molar-refractivity contribution >= 4 is 28.9 Å². The van der Waals surface area contributed by atoms with Gasteiger partial charge in [0.1, 0.15) is 0 Å². The Kier molecular flexibility index (Phi) is 4.92. The fraction of sp³-hybridized carbons (Fsp3) is 0.278. The number of rotatable bonds is 5. The van der Waals surface area contributed by atoms with E-state index in [-0.39, 0.29) is 30.2 Å². The average molecular weight is 353 g/mol. The first-order chi connectivity index (χ1) is 12.5. The standard InChI is InChI=1S/C18H19N5O3/c1-4-26-17(25)14-13-10-23(11(2)3)22-15(13)20-18(19-14)21-16(24)12-8-6-5-7-9-12/h5-11H,4H2,1-3H3,(H,20,21,22,24). The molecule has 8 nitrogen and oxygen atoms in total. The number of amides is 1. The smallest absolute Gasteiger partial charge is 0.357 e. The maximum Gasteiger partial charge on any atom is 0.357 e. The molecular weight excluding hydrogens is 334 g/mol. The van der Waals surface area contributed by atoms with Gasteiger partial charge in [-0.25, -0.2) is 9.78 Å². The Morgan fingerprint density at radius 3 is 2.58 bits per heavy atom. The number of nitrogens with one attached hydrogen (secondary N) is 1. The maximum absolute atomic E-state index is 12.3. The number of hydrogen-bond acceptors (Lipinski definition) is 6. The first kappa shape index (κ1) is 17.5. The van der Waals surface area contributed by atoms with Crippen molar-refractivity contribution in [1.82, 2.24) is 19.7 Å². The zero-order chi connectivity index (χ0) is 18.7. The third-order valence-electron chi connectivity index (χ3n) is 3.66. The minimum absolute atomic E-state index is 0.00316. The zero-order valence-electron chi connectivity index (χ0n) is 14.8. The van der Waals surface area contributed by atoms with Gasteiger partial charge in [-0.15, -0.1) is 0 Å². The Hall–Kier alpha value is -3.29. The van der Waals surface area contributed by atoms with Crippen LogP contribution in [0.25, 0.3) is 11.0 Å². The van der Waals surface area contributed by atoms with Gasteiger partial charge in [0.15, 0.2) is 11.3 Å². The van der Waals surface area contributed by atoms with E-state index in [1.807, 2.05) is 19.9 Å². The van der Waals surface area contributed by atoms with E-state index in [2.05, 4.69) is 20.4 Å². The Balaban J connectivity index is 2.02. The number of carbonyl (C=O) groups is 2. The molecule has 0 aliphatic rings. The normalized spacial score (nSPS) is 10.9. The SMILES string of the molecule is CCOC(=O)c1nc(NC(=O)c2ccccc2)nc2nn(C(C)C)cc12. The third kappa shape index (κ3) is 3.53. The summed E-state index contributed by atoms with van der Waals surface area (Å²) in [6.45, 7) is 5.85. The van der Waals surface area contributed by atoms with Gasteiger partial charge in [0, 0.05) is 17.8 Å². The van der Waals surface area contributed by atoms with E-state index in [1.165, 1.54) is 0 Å². The van der Waals surface area contributed by atoms with Crippen molar-refractivity contribution in [3.8, 4) is 0 Å². The number of benzene rings is 1. The number of hydrogen-bond donors (Lipinski definition) is 1. The maximum atomic E-state index is 12.3. The lowest BCUT2D eigenvalue weighted by atomic mass is 10.2. The number of ether oxygens (including phenoxy) is 1. The predicted octanol–water partition coefficient (Wildman–Crippen LogP) is 2.84. The van der Waals surface area contributed by atoms with E-state index in [0.717, 1.165) is 0 Å². The average Bonchev–Trinajstić information content (AvgIpc) is 3.06. The molecule has 8 heteroatoms. The molecule has 0 radical (unpaired) electrons. The number of fused-ring (bicyclic) bond motifs is 1. The predicted molar refractivity (Wildman–Crippen MR) is 96.1 cm³/mol. The minimum Gasteiger partial charge on any atom is -0.461 e. The van der Waals surface area contributed by atoms with Gasteiger partial charge in [-0.1, -0.05) is 18.2 Å². The summed E-state index contributed by atoms with van der Waals surface area (Å²) in [6.07, 6.45) is 1.70. The Morgan fingerprint density at radius 2 is 1.92 bits per heavy atom. The summed E-state index contributed by atoms with van der Waals surface area (Å²) < 4.78 is 6.76. The molecule has 2 heterocycles. The molecule has 0 spiro atoms. The molecule has 3 rings (SSSR count). The molecule has 0 saturated heterocycles. The minimum atomic E-state index is -0.585.